The second-order valence-corrected chi connectivity index (χ2v) is 6.23. The van der Waals surface area contributed by atoms with Gasteiger partial charge in [0.25, 0.3) is 0 Å². The molecule has 0 aliphatic carbocycles. The summed E-state index contributed by atoms with van der Waals surface area (Å²) in [6.07, 6.45) is 2.45. The molecule has 0 N–H and O–H groups in total. The van der Waals surface area contributed by atoms with Crippen LogP contribution in [-0.4, -0.2) is 60.2 Å². The Balaban J connectivity index is 1.53. The van der Waals surface area contributed by atoms with Gasteiger partial charge in [0.2, 0.25) is 5.13 Å². The largest absolute Gasteiger partial charge is 0.381 e. The molecule has 2 fully saturated rings. The van der Waals surface area contributed by atoms with Crippen LogP contribution in [0, 0.1) is 12.8 Å². The van der Waals surface area contributed by atoms with Crippen molar-refractivity contribution in [3.05, 3.63) is 5.82 Å². The van der Waals surface area contributed by atoms with Gasteiger partial charge in [-0.2, -0.15) is 4.37 Å². The molecule has 0 spiro atoms. The molecule has 1 atom stereocenters. The minimum absolute atomic E-state index is 0.746. The van der Waals surface area contributed by atoms with Crippen LogP contribution in [0.2, 0.25) is 0 Å². The maximum absolute atomic E-state index is 5.47. The van der Waals surface area contributed by atoms with E-state index in [1.54, 1.807) is 0 Å². The zero-order valence-electron chi connectivity index (χ0n) is 11.5. The number of hydrogen-bond acceptors (Lipinski definition) is 6. The zero-order valence-corrected chi connectivity index (χ0v) is 12.4. The Morgan fingerprint density at radius 3 is 3.00 bits per heavy atom. The summed E-state index contributed by atoms with van der Waals surface area (Å²) in [6.45, 7) is 9.58. The van der Waals surface area contributed by atoms with E-state index in [-0.39, 0.29) is 0 Å². The second-order valence-electron chi connectivity index (χ2n) is 5.49. The zero-order chi connectivity index (χ0) is 13.1. The summed E-state index contributed by atoms with van der Waals surface area (Å²) in [5, 5.41) is 1.09. The highest BCUT2D eigenvalue weighted by Crippen LogP contribution is 2.20. The minimum atomic E-state index is 0.746. The van der Waals surface area contributed by atoms with Crippen molar-refractivity contribution in [2.45, 2.75) is 19.8 Å². The Labute approximate surface area is 118 Å². The van der Waals surface area contributed by atoms with Gasteiger partial charge >= 0.3 is 0 Å². The average Bonchev–Trinajstić information content (AvgIpc) is 2.99. The summed E-state index contributed by atoms with van der Waals surface area (Å²) < 4.78 is 9.75. The molecule has 3 rings (SSSR count). The van der Waals surface area contributed by atoms with Gasteiger partial charge in [-0.25, -0.2) is 4.98 Å². The molecule has 5 nitrogen and oxygen atoms in total. The van der Waals surface area contributed by atoms with Crippen molar-refractivity contribution in [3.8, 4) is 0 Å². The van der Waals surface area contributed by atoms with Gasteiger partial charge in [0.1, 0.15) is 5.82 Å². The first-order valence-corrected chi connectivity index (χ1v) is 7.94. The summed E-state index contributed by atoms with van der Waals surface area (Å²) >= 11 is 1.53. The highest BCUT2D eigenvalue weighted by atomic mass is 32.1. The monoisotopic (exact) mass is 282 g/mol. The molecule has 2 aliphatic rings. The predicted molar refractivity (Wildman–Crippen MR) is 76.8 cm³/mol. The van der Waals surface area contributed by atoms with Crippen LogP contribution in [0.4, 0.5) is 5.13 Å². The maximum Gasteiger partial charge on any atom is 0.205 e. The van der Waals surface area contributed by atoms with Gasteiger partial charge in [-0.15, -0.1) is 0 Å². The Hall–Kier alpha value is -0.720. The van der Waals surface area contributed by atoms with Crippen LogP contribution in [0.3, 0.4) is 0 Å². The highest BCUT2D eigenvalue weighted by molar-refractivity contribution is 7.09. The maximum atomic E-state index is 5.47. The smallest absolute Gasteiger partial charge is 0.205 e. The van der Waals surface area contributed by atoms with Crippen LogP contribution in [-0.2, 0) is 4.74 Å². The van der Waals surface area contributed by atoms with Crippen LogP contribution in [0.25, 0.3) is 0 Å². The van der Waals surface area contributed by atoms with Crippen LogP contribution in [0.1, 0.15) is 18.7 Å². The number of hydrogen-bond donors (Lipinski definition) is 0. The molecule has 0 bridgehead atoms. The first-order chi connectivity index (χ1) is 9.31. The standard InChI is InChI=1S/C13H22N4OS/c1-11-14-13(19-15-11)17-5-2-4-16(6-7-17)9-12-3-8-18-10-12/h12H,2-10H2,1H3/t12-/m1/s1. The third-order valence-electron chi connectivity index (χ3n) is 3.92. The van der Waals surface area contributed by atoms with Gasteiger partial charge < -0.3 is 14.5 Å². The molecule has 2 aliphatic heterocycles. The second kappa shape index (κ2) is 6.15. The van der Waals surface area contributed by atoms with Gasteiger partial charge in [-0.05, 0) is 32.2 Å². The summed E-state index contributed by atoms with van der Waals surface area (Å²) in [5.74, 6) is 1.64. The number of aromatic nitrogens is 2. The molecule has 1 aromatic heterocycles. The molecule has 0 aromatic carbocycles. The molecular weight excluding hydrogens is 260 g/mol. The van der Waals surface area contributed by atoms with Crippen LogP contribution in [0.15, 0.2) is 0 Å². The first-order valence-electron chi connectivity index (χ1n) is 7.16. The van der Waals surface area contributed by atoms with E-state index in [0.717, 1.165) is 49.7 Å². The van der Waals surface area contributed by atoms with Gasteiger partial charge in [-0.3, -0.25) is 0 Å². The van der Waals surface area contributed by atoms with E-state index in [2.05, 4.69) is 19.2 Å². The average molecular weight is 282 g/mol. The van der Waals surface area contributed by atoms with E-state index in [1.807, 2.05) is 6.92 Å². The lowest BCUT2D eigenvalue weighted by atomic mass is 10.1. The van der Waals surface area contributed by atoms with Crippen molar-refractivity contribution >= 4 is 16.7 Å². The molecule has 19 heavy (non-hydrogen) atoms. The van der Waals surface area contributed by atoms with Gasteiger partial charge in [0.05, 0.1) is 6.61 Å². The summed E-state index contributed by atoms with van der Waals surface area (Å²) in [4.78, 5) is 9.47. The van der Waals surface area contributed by atoms with Crippen LogP contribution >= 0.6 is 11.5 Å². The normalized spacial score (nSPS) is 25.7. The number of ether oxygens (including phenoxy) is 1. The van der Waals surface area contributed by atoms with Crippen molar-refractivity contribution in [3.63, 3.8) is 0 Å². The molecule has 0 unspecified atom stereocenters. The summed E-state index contributed by atoms with van der Waals surface area (Å²) in [7, 11) is 0. The molecule has 0 amide bonds. The third-order valence-corrected chi connectivity index (χ3v) is 4.78. The first kappa shape index (κ1) is 13.3. The van der Waals surface area contributed by atoms with E-state index >= 15 is 0 Å². The fraction of sp³-hybridized carbons (Fsp3) is 0.846. The minimum Gasteiger partial charge on any atom is -0.381 e. The van der Waals surface area contributed by atoms with E-state index in [9.17, 15) is 0 Å². The molecule has 106 valence electrons. The van der Waals surface area contributed by atoms with E-state index in [4.69, 9.17) is 4.74 Å². The van der Waals surface area contributed by atoms with Crippen molar-refractivity contribution in [1.29, 1.82) is 0 Å². The van der Waals surface area contributed by atoms with Crippen molar-refractivity contribution in [2.24, 2.45) is 5.92 Å². The molecule has 1 aromatic rings. The third kappa shape index (κ3) is 3.43. The SMILES string of the molecule is Cc1nsc(N2CCCN(C[C@H]3CCOC3)CC2)n1. The molecule has 6 heteroatoms. The number of nitrogens with zero attached hydrogens (tertiary/aromatic N) is 4. The fourth-order valence-electron chi connectivity index (χ4n) is 2.85. The van der Waals surface area contributed by atoms with E-state index in [0.29, 0.717) is 0 Å². The molecule has 0 radical (unpaired) electrons. The quantitative estimate of drug-likeness (QED) is 0.838. The predicted octanol–water partition coefficient (Wildman–Crippen LogP) is 1.40. The number of rotatable bonds is 3. The van der Waals surface area contributed by atoms with Crippen LogP contribution < -0.4 is 4.90 Å². The van der Waals surface area contributed by atoms with E-state index < -0.39 is 0 Å². The molecule has 3 heterocycles. The van der Waals surface area contributed by atoms with Gasteiger partial charge in [-0.1, -0.05) is 0 Å². The fourth-order valence-corrected chi connectivity index (χ4v) is 3.58. The van der Waals surface area contributed by atoms with Crippen molar-refractivity contribution < 1.29 is 4.74 Å². The Morgan fingerprint density at radius 1 is 1.32 bits per heavy atom. The number of anilines is 1. The Bertz CT molecular complexity index is 405. The topological polar surface area (TPSA) is 41.5 Å². The van der Waals surface area contributed by atoms with E-state index in [1.165, 1.54) is 37.5 Å². The number of aryl methyl sites for hydroxylation is 1. The van der Waals surface area contributed by atoms with Crippen molar-refractivity contribution in [1.82, 2.24) is 14.3 Å². The molecular formula is C13H22N4OS. The lowest BCUT2D eigenvalue weighted by Crippen LogP contribution is -2.34. The van der Waals surface area contributed by atoms with Crippen LogP contribution in [0.5, 0.6) is 0 Å². The summed E-state index contributed by atoms with van der Waals surface area (Å²) in [5.41, 5.74) is 0. The highest BCUT2D eigenvalue weighted by Gasteiger charge is 2.22. The Kier molecular flexibility index (Phi) is 4.30. The lowest BCUT2D eigenvalue weighted by molar-refractivity contribution is 0.169. The summed E-state index contributed by atoms with van der Waals surface area (Å²) in [6, 6.07) is 0. The Morgan fingerprint density at radius 2 is 2.26 bits per heavy atom. The lowest BCUT2D eigenvalue weighted by Gasteiger charge is -2.23. The van der Waals surface area contributed by atoms with Gasteiger partial charge in [0, 0.05) is 44.3 Å². The molecule has 2 saturated heterocycles. The van der Waals surface area contributed by atoms with Crippen molar-refractivity contribution in [2.75, 3.05) is 50.8 Å². The molecule has 0 saturated carbocycles. The van der Waals surface area contributed by atoms with Gasteiger partial charge in [0.15, 0.2) is 0 Å².